The van der Waals surface area contributed by atoms with Crippen molar-refractivity contribution in [1.29, 1.82) is 0 Å². The highest BCUT2D eigenvalue weighted by atomic mass is 16.2. The molecule has 2 aliphatic rings. The Labute approximate surface area is 171 Å². The summed E-state index contributed by atoms with van der Waals surface area (Å²) in [5.74, 6) is 0.735. The second-order valence-corrected chi connectivity index (χ2v) is 8.36. The molecule has 2 atom stereocenters. The van der Waals surface area contributed by atoms with E-state index in [9.17, 15) is 9.59 Å². The quantitative estimate of drug-likeness (QED) is 0.832. The third-order valence-corrected chi connectivity index (χ3v) is 6.17. The van der Waals surface area contributed by atoms with Crippen molar-refractivity contribution in [1.82, 2.24) is 20.0 Å². The van der Waals surface area contributed by atoms with E-state index in [-0.39, 0.29) is 23.7 Å². The van der Waals surface area contributed by atoms with Gasteiger partial charge in [0.15, 0.2) is 0 Å². The summed E-state index contributed by atoms with van der Waals surface area (Å²) in [4.78, 5) is 27.4. The zero-order chi connectivity index (χ0) is 20.4. The Hall–Kier alpha value is -2.67. The van der Waals surface area contributed by atoms with Crippen LogP contribution in [0.15, 0.2) is 36.7 Å². The van der Waals surface area contributed by atoms with Crippen molar-refractivity contribution in [3.05, 3.63) is 47.8 Å². The lowest BCUT2D eigenvalue weighted by molar-refractivity contribution is -0.119. The number of amides is 2. The minimum absolute atomic E-state index is 0.00653. The minimum atomic E-state index is -0.143. The van der Waals surface area contributed by atoms with Crippen LogP contribution in [0.5, 0.6) is 0 Å². The lowest BCUT2D eigenvalue weighted by Gasteiger charge is -2.30. The van der Waals surface area contributed by atoms with E-state index in [0.717, 1.165) is 43.7 Å². The predicted molar refractivity (Wildman–Crippen MR) is 112 cm³/mol. The standard InChI is InChI=1S/C22H29N5O2/c1-15-7-9-27(10-8-15)22(29)16-3-5-18(6-4-16)25-21(28)20-13-23-12-19(20)17-11-24-26(2)14-17/h3-6,11,14-15,19-20,23H,7-10,12-13H2,1-2H3,(H,25,28)/t19-,20+/m1/s1. The summed E-state index contributed by atoms with van der Waals surface area (Å²) in [7, 11) is 1.88. The number of carbonyl (C=O) groups excluding carboxylic acids is 2. The van der Waals surface area contributed by atoms with Crippen LogP contribution in [0.2, 0.25) is 0 Å². The van der Waals surface area contributed by atoms with Gasteiger partial charge >= 0.3 is 0 Å². The van der Waals surface area contributed by atoms with Crippen LogP contribution in [-0.4, -0.2) is 52.7 Å². The van der Waals surface area contributed by atoms with E-state index < -0.39 is 0 Å². The van der Waals surface area contributed by atoms with Gasteiger partial charge in [0, 0.05) is 56.6 Å². The van der Waals surface area contributed by atoms with E-state index in [4.69, 9.17) is 0 Å². The van der Waals surface area contributed by atoms with Gasteiger partial charge in [0.05, 0.1) is 12.1 Å². The SMILES string of the molecule is CC1CCN(C(=O)c2ccc(NC(=O)[C@H]3CNC[C@@H]3c3cnn(C)c3)cc2)CC1. The molecule has 2 aliphatic heterocycles. The van der Waals surface area contributed by atoms with Gasteiger partial charge in [-0.25, -0.2) is 0 Å². The van der Waals surface area contributed by atoms with E-state index in [1.54, 1.807) is 4.68 Å². The van der Waals surface area contributed by atoms with E-state index in [1.165, 1.54) is 0 Å². The number of likely N-dealkylation sites (tertiary alicyclic amines) is 1. The van der Waals surface area contributed by atoms with Gasteiger partial charge in [-0.2, -0.15) is 5.10 Å². The molecule has 2 amide bonds. The number of nitrogens with zero attached hydrogens (tertiary/aromatic N) is 3. The van der Waals surface area contributed by atoms with Crippen molar-refractivity contribution in [2.75, 3.05) is 31.5 Å². The summed E-state index contributed by atoms with van der Waals surface area (Å²) in [6, 6.07) is 7.25. The van der Waals surface area contributed by atoms with Crippen LogP contribution in [0.4, 0.5) is 5.69 Å². The number of carbonyl (C=O) groups is 2. The molecule has 2 aromatic rings. The van der Waals surface area contributed by atoms with Crippen LogP contribution in [-0.2, 0) is 11.8 Å². The van der Waals surface area contributed by atoms with Crippen molar-refractivity contribution in [3.63, 3.8) is 0 Å². The molecule has 4 rings (SSSR count). The Morgan fingerprint density at radius 1 is 1.14 bits per heavy atom. The maximum absolute atomic E-state index is 12.8. The highest BCUT2D eigenvalue weighted by Gasteiger charge is 2.34. The normalized spacial score (nSPS) is 22.6. The second kappa shape index (κ2) is 8.37. The molecule has 1 aromatic carbocycles. The maximum atomic E-state index is 12.8. The molecule has 29 heavy (non-hydrogen) atoms. The molecule has 154 valence electrons. The Balaban J connectivity index is 1.38. The van der Waals surface area contributed by atoms with Gasteiger partial charge in [0.25, 0.3) is 5.91 Å². The molecular formula is C22H29N5O2. The summed E-state index contributed by atoms with van der Waals surface area (Å²) in [5.41, 5.74) is 2.47. The fourth-order valence-electron chi connectivity index (χ4n) is 4.26. The topological polar surface area (TPSA) is 79.3 Å². The summed E-state index contributed by atoms with van der Waals surface area (Å²) in [6.07, 6.45) is 5.93. The van der Waals surface area contributed by atoms with Crippen LogP contribution in [0.25, 0.3) is 0 Å². The first kappa shape index (κ1) is 19.6. The maximum Gasteiger partial charge on any atom is 0.253 e. The van der Waals surface area contributed by atoms with Crippen LogP contribution < -0.4 is 10.6 Å². The van der Waals surface area contributed by atoms with Gasteiger partial charge in [-0.3, -0.25) is 14.3 Å². The predicted octanol–water partition coefficient (Wildman–Crippen LogP) is 2.23. The number of hydrogen-bond donors (Lipinski definition) is 2. The molecule has 0 spiro atoms. The van der Waals surface area contributed by atoms with Gasteiger partial charge in [-0.05, 0) is 48.6 Å². The first-order valence-electron chi connectivity index (χ1n) is 10.4. The number of rotatable bonds is 4. The Morgan fingerprint density at radius 3 is 2.52 bits per heavy atom. The molecule has 0 unspecified atom stereocenters. The van der Waals surface area contributed by atoms with Gasteiger partial charge in [0.2, 0.25) is 5.91 Å². The Morgan fingerprint density at radius 2 is 1.86 bits per heavy atom. The summed E-state index contributed by atoms with van der Waals surface area (Å²) in [5, 5.41) is 10.6. The fourth-order valence-corrected chi connectivity index (χ4v) is 4.26. The molecule has 2 saturated heterocycles. The summed E-state index contributed by atoms with van der Waals surface area (Å²) >= 11 is 0. The van der Waals surface area contributed by atoms with Crippen molar-refractivity contribution in [2.45, 2.75) is 25.7 Å². The first-order valence-corrected chi connectivity index (χ1v) is 10.4. The number of hydrogen-bond acceptors (Lipinski definition) is 4. The third-order valence-electron chi connectivity index (χ3n) is 6.17. The van der Waals surface area contributed by atoms with Crippen molar-refractivity contribution >= 4 is 17.5 Å². The van der Waals surface area contributed by atoms with E-state index in [1.807, 2.05) is 48.6 Å². The number of benzene rings is 1. The number of anilines is 1. The molecule has 3 heterocycles. The second-order valence-electron chi connectivity index (χ2n) is 8.36. The van der Waals surface area contributed by atoms with Crippen molar-refractivity contribution in [2.24, 2.45) is 18.9 Å². The highest BCUT2D eigenvalue weighted by Crippen LogP contribution is 2.29. The van der Waals surface area contributed by atoms with Gasteiger partial charge in [-0.1, -0.05) is 6.92 Å². The molecule has 2 fully saturated rings. The summed E-state index contributed by atoms with van der Waals surface area (Å²) < 4.78 is 1.77. The zero-order valence-corrected chi connectivity index (χ0v) is 17.1. The van der Waals surface area contributed by atoms with E-state index in [2.05, 4.69) is 22.7 Å². The Kier molecular flexibility index (Phi) is 5.67. The number of nitrogens with one attached hydrogen (secondary N) is 2. The van der Waals surface area contributed by atoms with Gasteiger partial charge in [0.1, 0.15) is 0 Å². The highest BCUT2D eigenvalue weighted by molar-refractivity contribution is 5.96. The largest absolute Gasteiger partial charge is 0.339 e. The first-order chi connectivity index (χ1) is 14.0. The van der Waals surface area contributed by atoms with Crippen LogP contribution >= 0.6 is 0 Å². The molecule has 2 N–H and O–H groups in total. The van der Waals surface area contributed by atoms with Crippen LogP contribution in [0.1, 0.15) is 41.6 Å². The fraction of sp³-hybridized carbons (Fsp3) is 0.500. The zero-order valence-electron chi connectivity index (χ0n) is 17.1. The molecule has 7 nitrogen and oxygen atoms in total. The molecule has 0 bridgehead atoms. The van der Waals surface area contributed by atoms with Crippen molar-refractivity contribution in [3.8, 4) is 0 Å². The lowest BCUT2D eigenvalue weighted by atomic mass is 9.90. The van der Waals surface area contributed by atoms with Crippen molar-refractivity contribution < 1.29 is 9.59 Å². The van der Waals surface area contributed by atoms with Gasteiger partial charge < -0.3 is 15.5 Å². The third kappa shape index (κ3) is 4.34. The average molecular weight is 396 g/mol. The number of piperidine rings is 1. The number of aryl methyl sites for hydroxylation is 1. The molecule has 0 aliphatic carbocycles. The Bertz CT molecular complexity index is 868. The monoisotopic (exact) mass is 395 g/mol. The van der Waals surface area contributed by atoms with Crippen LogP contribution in [0, 0.1) is 11.8 Å². The summed E-state index contributed by atoms with van der Waals surface area (Å²) in [6.45, 7) is 5.30. The molecule has 0 radical (unpaired) electrons. The smallest absolute Gasteiger partial charge is 0.253 e. The molecule has 1 aromatic heterocycles. The van der Waals surface area contributed by atoms with E-state index >= 15 is 0 Å². The number of aromatic nitrogens is 2. The molecule has 0 saturated carbocycles. The average Bonchev–Trinajstić information content (AvgIpc) is 3.37. The lowest BCUT2D eigenvalue weighted by Crippen LogP contribution is -2.37. The van der Waals surface area contributed by atoms with E-state index in [0.29, 0.717) is 18.0 Å². The van der Waals surface area contributed by atoms with Gasteiger partial charge in [-0.15, -0.1) is 0 Å². The molecular weight excluding hydrogens is 366 g/mol. The minimum Gasteiger partial charge on any atom is -0.339 e. The molecule has 7 heteroatoms. The van der Waals surface area contributed by atoms with Crippen LogP contribution in [0.3, 0.4) is 0 Å².